The van der Waals surface area contributed by atoms with Gasteiger partial charge in [0.05, 0.1) is 12.2 Å². The number of carbonyl (C=O) groups excluding carboxylic acids is 1. The molecule has 0 aliphatic carbocycles. The fourth-order valence-electron chi connectivity index (χ4n) is 2.46. The standard InChI is InChI=1S/C17H24O3/c1-13(2)20-16-8-6-14(7-9-16)17(18)11-10-15-5-3-4-12-19-15/h6-9,13,15H,3-5,10-12H2,1-2H3. The van der Waals surface area contributed by atoms with Crippen LogP contribution in [0.15, 0.2) is 24.3 Å². The van der Waals surface area contributed by atoms with Crippen LogP contribution >= 0.6 is 0 Å². The van der Waals surface area contributed by atoms with Crippen molar-refractivity contribution < 1.29 is 14.3 Å². The molecule has 20 heavy (non-hydrogen) atoms. The predicted molar refractivity (Wildman–Crippen MR) is 79.4 cm³/mol. The van der Waals surface area contributed by atoms with Gasteiger partial charge in [-0.05, 0) is 63.8 Å². The maximum absolute atomic E-state index is 12.1. The van der Waals surface area contributed by atoms with E-state index in [1.54, 1.807) is 0 Å². The van der Waals surface area contributed by atoms with Crippen LogP contribution in [0.25, 0.3) is 0 Å². The van der Waals surface area contributed by atoms with E-state index in [4.69, 9.17) is 9.47 Å². The highest BCUT2D eigenvalue weighted by atomic mass is 16.5. The Labute approximate surface area is 121 Å². The maximum Gasteiger partial charge on any atom is 0.162 e. The van der Waals surface area contributed by atoms with Gasteiger partial charge >= 0.3 is 0 Å². The Hall–Kier alpha value is -1.35. The molecule has 1 unspecified atom stereocenters. The molecular weight excluding hydrogens is 252 g/mol. The van der Waals surface area contributed by atoms with Crippen LogP contribution in [0.3, 0.4) is 0 Å². The number of carbonyl (C=O) groups is 1. The first-order valence-electron chi connectivity index (χ1n) is 7.56. The monoisotopic (exact) mass is 276 g/mol. The summed E-state index contributed by atoms with van der Waals surface area (Å²) in [5.41, 5.74) is 0.761. The zero-order valence-corrected chi connectivity index (χ0v) is 12.4. The molecule has 1 aliphatic rings. The molecular formula is C17H24O3. The van der Waals surface area contributed by atoms with E-state index in [1.807, 2.05) is 38.1 Å². The summed E-state index contributed by atoms with van der Waals surface area (Å²) in [6.45, 7) is 4.83. The molecule has 1 saturated heterocycles. The van der Waals surface area contributed by atoms with E-state index in [9.17, 15) is 4.79 Å². The van der Waals surface area contributed by atoms with Gasteiger partial charge in [0.2, 0.25) is 0 Å². The van der Waals surface area contributed by atoms with Gasteiger partial charge in [0.1, 0.15) is 5.75 Å². The van der Waals surface area contributed by atoms with Crippen LogP contribution in [-0.2, 0) is 4.74 Å². The second-order valence-electron chi connectivity index (χ2n) is 5.64. The van der Waals surface area contributed by atoms with Crippen LogP contribution in [-0.4, -0.2) is 24.6 Å². The van der Waals surface area contributed by atoms with Gasteiger partial charge in [0, 0.05) is 18.6 Å². The summed E-state index contributed by atoms with van der Waals surface area (Å²) in [4.78, 5) is 12.1. The summed E-state index contributed by atoms with van der Waals surface area (Å²) in [6, 6.07) is 7.43. The van der Waals surface area contributed by atoms with E-state index < -0.39 is 0 Å². The Bertz CT molecular complexity index is 416. The quantitative estimate of drug-likeness (QED) is 0.736. The van der Waals surface area contributed by atoms with E-state index in [-0.39, 0.29) is 18.0 Å². The lowest BCUT2D eigenvalue weighted by atomic mass is 10.0. The molecule has 1 aromatic carbocycles. The molecule has 1 fully saturated rings. The number of rotatable bonds is 6. The van der Waals surface area contributed by atoms with Crippen molar-refractivity contribution in [2.75, 3.05) is 6.61 Å². The van der Waals surface area contributed by atoms with Gasteiger partial charge in [-0.3, -0.25) is 4.79 Å². The van der Waals surface area contributed by atoms with E-state index in [2.05, 4.69) is 0 Å². The molecule has 0 bridgehead atoms. The zero-order chi connectivity index (χ0) is 14.4. The first kappa shape index (κ1) is 15.0. The molecule has 1 aromatic rings. The molecule has 1 atom stereocenters. The van der Waals surface area contributed by atoms with Crippen molar-refractivity contribution >= 4 is 5.78 Å². The first-order valence-corrected chi connectivity index (χ1v) is 7.56. The molecule has 2 rings (SSSR count). The lowest BCUT2D eigenvalue weighted by molar-refractivity contribution is 0.0104. The number of Topliss-reactive ketones (excluding diaryl/α,β-unsaturated/α-hetero) is 1. The lowest BCUT2D eigenvalue weighted by Gasteiger charge is -2.22. The molecule has 0 N–H and O–H groups in total. The summed E-state index contributed by atoms with van der Waals surface area (Å²) < 4.78 is 11.2. The highest BCUT2D eigenvalue weighted by Gasteiger charge is 2.16. The van der Waals surface area contributed by atoms with Gasteiger partial charge in [-0.15, -0.1) is 0 Å². The average molecular weight is 276 g/mol. The molecule has 0 spiro atoms. The maximum atomic E-state index is 12.1. The Morgan fingerprint density at radius 3 is 2.65 bits per heavy atom. The summed E-state index contributed by atoms with van der Waals surface area (Å²) in [6.07, 6.45) is 5.30. The highest BCUT2D eigenvalue weighted by molar-refractivity contribution is 5.96. The third-order valence-electron chi connectivity index (χ3n) is 3.52. The molecule has 0 radical (unpaired) electrons. The summed E-state index contributed by atoms with van der Waals surface area (Å²) in [5, 5.41) is 0. The Kier molecular flexibility index (Phi) is 5.60. The van der Waals surface area contributed by atoms with Crippen LogP contribution in [0.2, 0.25) is 0 Å². The summed E-state index contributed by atoms with van der Waals surface area (Å²) in [7, 11) is 0. The van der Waals surface area contributed by atoms with E-state index in [0.29, 0.717) is 6.42 Å². The number of ketones is 1. The fraction of sp³-hybridized carbons (Fsp3) is 0.588. The number of hydrogen-bond donors (Lipinski definition) is 0. The normalized spacial score (nSPS) is 19.1. The van der Waals surface area contributed by atoms with Crippen LogP contribution < -0.4 is 4.74 Å². The number of benzene rings is 1. The molecule has 3 heteroatoms. The Morgan fingerprint density at radius 2 is 2.05 bits per heavy atom. The van der Waals surface area contributed by atoms with Crippen molar-refractivity contribution in [1.29, 1.82) is 0 Å². The number of ether oxygens (including phenoxy) is 2. The molecule has 3 nitrogen and oxygen atoms in total. The van der Waals surface area contributed by atoms with Crippen molar-refractivity contribution in [3.63, 3.8) is 0 Å². The second-order valence-corrected chi connectivity index (χ2v) is 5.64. The van der Waals surface area contributed by atoms with E-state index >= 15 is 0 Å². The third kappa shape index (κ3) is 4.64. The van der Waals surface area contributed by atoms with Gasteiger partial charge in [-0.2, -0.15) is 0 Å². The van der Waals surface area contributed by atoms with E-state index in [1.165, 1.54) is 6.42 Å². The minimum Gasteiger partial charge on any atom is -0.491 e. The molecule has 0 amide bonds. The van der Waals surface area contributed by atoms with Crippen LogP contribution in [0, 0.1) is 0 Å². The molecule has 0 aromatic heterocycles. The van der Waals surface area contributed by atoms with Gasteiger partial charge in [0.15, 0.2) is 5.78 Å². The molecule has 0 saturated carbocycles. The van der Waals surface area contributed by atoms with Gasteiger partial charge in [-0.1, -0.05) is 0 Å². The van der Waals surface area contributed by atoms with Gasteiger partial charge in [-0.25, -0.2) is 0 Å². The topological polar surface area (TPSA) is 35.5 Å². The molecule has 1 aliphatic heterocycles. The SMILES string of the molecule is CC(C)Oc1ccc(C(=O)CCC2CCCCO2)cc1. The van der Waals surface area contributed by atoms with E-state index in [0.717, 1.165) is 37.2 Å². The Balaban J connectivity index is 1.82. The Morgan fingerprint density at radius 1 is 1.30 bits per heavy atom. The van der Waals surface area contributed by atoms with Crippen molar-refractivity contribution in [1.82, 2.24) is 0 Å². The minimum absolute atomic E-state index is 0.153. The zero-order valence-electron chi connectivity index (χ0n) is 12.4. The summed E-state index contributed by atoms with van der Waals surface area (Å²) >= 11 is 0. The number of hydrogen-bond acceptors (Lipinski definition) is 3. The smallest absolute Gasteiger partial charge is 0.162 e. The average Bonchev–Trinajstić information content (AvgIpc) is 2.46. The second kappa shape index (κ2) is 7.44. The molecule has 110 valence electrons. The molecule has 1 heterocycles. The fourth-order valence-corrected chi connectivity index (χ4v) is 2.46. The van der Waals surface area contributed by atoms with Crippen molar-refractivity contribution in [3.05, 3.63) is 29.8 Å². The van der Waals surface area contributed by atoms with Gasteiger partial charge in [0.25, 0.3) is 0 Å². The summed E-state index contributed by atoms with van der Waals surface area (Å²) in [5.74, 6) is 1.00. The van der Waals surface area contributed by atoms with Gasteiger partial charge < -0.3 is 9.47 Å². The van der Waals surface area contributed by atoms with Crippen molar-refractivity contribution in [2.45, 2.75) is 58.2 Å². The third-order valence-corrected chi connectivity index (χ3v) is 3.52. The largest absolute Gasteiger partial charge is 0.491 e. The first-order chi connectivity index (χ1) is 9.65. The van der Waals surface area contributed by atoms with Crippen molar-refractivity contribution in [2.24, 2.45) is 0 Å². The highest BCUT2D eigenvalue weighted by Crippen LogP contribution is 2.19. The minimum atomic E-state index is 0.153. The predicted octanol–water partition coefficient (Wildman–Crippen LogP) is 4.01. The van der Waals surface area contributed by atoms with Crippen LogP contribution in [0.5, 0.6) is 5.75 Å². The van der Waals surface area contributed by atoms with Crippen LogP contribution in [0.1, 0.15) is 56.3 Å². The van der Waals surface area contributed by atoms with Crippen LogP contribution in [0.4, 0.5) is 0 Å². The van der Waals surface area contributed by atoms with Crippen molar-refractivity contribution in [3.8, 4) is 5.75 Å². The lowest BCUT2D eigenvalue weighted by Crippen LogP contribution is -2.20.